The molecule has 1 heteroatoms. The van der Waals surface area contributed by atoms with E-state index in [4.69, 9.17) is 5.26 Å². The molecule has 0 saturated carbocycles. The monoisotopic (exact) mass is 187 g/mol. The molecule has 0 bridgehead atoms. The molecule has 0 aliphatic heterocycles. The van der Waals surface area contributed by atoms with E-state index in [2.05, 4.69) is 39.0 Å². The first kappa shape index (κ1) is 10.8. The molecule has 0 heterocycles. The molecule has 0 unspecified atom stereocenters. The maximum atomic E-state index is 8.73. The topological polar surface area (TPSA) is 23.8 Å². The summed E-state index contributed by atoms with van der Waals surface area (Å²) in [6, 6.07) is 10.5. The Morgan fingerprint density at radius 3 is 2.50 bits per heavy atom. The van der Waals surface area contributed by atoms with Gasteiger partial charge in [0.1, 0.15) is 0 Å². The molecule has 14 heavy (non-hydrogen) atoms. The quantitative estimate of drug-likeness (QED) is 0.711. The van der Waals surface area contributed by atoms with Gasteiger partial charge in [-0.3, -0.25) is 0 Å². The van der Waals surface area contributed by atoms with E-state index in [1.54, 1.807) is 0 Å². The van der Waals surface area contributed by atoms with Crippen molar-refractivity contribution in [3.05, 3.63) is 35.4 Å². The maximum Gasteiger partial charge on any atom is 0.0669 e. The third kappa shape index (κ3) is 2.14. The number of hydrogen-bond acceptors (Lipinski definition) is 1. The van der Waals surface area contributed by atoms with Crippen LogP contribution >= 0.6 is 0 Å². The zero-order valence-corrected chi connectivity index (χ0v) is 9.17. The lowest BCUT2D eigenvalue weighted by atomic mass is 9.79. The van der Waals surface area contributed by atoms with Gasteiger partial charge in [-0.1, -0.05) is 45.0 Å². The molecule has 1 rings (SSSR count). The van der Waals surface area contributed by atoms with Gasteiger partial charge >= 0.3 is 0 Å². The second-order valence-electron chi connectivity index (χ2n) is 4.23. The summed E-state index contributed by atoms with van der Waals surface area (Å²) in [5.74, 6) is 0. The Labute approximate surface area is 86.4 Å². The summed E-state index contributed by atoms with van der Waals surface area (Å²) >= 11 is 0. The SMILES string of the molecule is CCC(C)(C)c1ccccc1CC#N. The van der Waals surface area contributed by atoms with Crippen LogP contribution in [-0.2, 0) is 11.8 Å². The molecule has 0 amide bonds. The van der Waals surface area contributed by atoms with E-state index >= 15 is 0 Å². The summed E-state index contributed by atoms with van der Waals surface area (Å²) in [5, 5.41) is 8.73. The van der Waals surface area contributed by atoms with Gasteiger partial charge in [0.15, 0.2) is 0 Å². The van der Waals surface area contributed by atoms with Crippen molar-refractivity contribution in [3.63, 3.8) is 0 Å². The zero-order chi connectivity index (χ0) is 10.6. The van der Waals surface area contributed by atoms with Crippen LogP contribution in [0.5, 0.6) is 0 Å². The van der Waals surface area contributed by atoms with Gasteiger partial charge in [-0.15, -0.1) is 0 Å². The highest BCUT2D eigenvalue weighted by molar-refractivity contribution is 5.34. The minimum atomic E-state index is 0.174. The summed E-state index contributed by atoms with van der Waals surface area (Å²) in [4.78, 5) is 0. The van der Waals surface area contributed by atoms with Crippen molar-refractivity contribution < 1.29 is 0 Å². The van der Waals surface area contributed by atoms with Gasteiger partial charge in [0.05, 0.1) is 12.5 Å². The first-order valence-corrected chi connectivity index (χ1v) is 5.07. The highest BCUT2D eigenvalue weighted by Gasteiger charge is 2.20. The number of benzene rings is 1. The molecule has 0 N–H and O–H groups in total. The van der Waals surface area contributed by atoms with Crippen molar-refractivity contribution in [2.75, 3.05) is 0 Å². The Hall–Kier alpha value is -1.29. The summed E-state index contributed by atoms with van der Waals surface area (Å²) in [5.41, 5.74) is 2.65. The average Bonchev–Trinajstić information content (AvgIpc) is 2.19. The predicted octanol–water partition coefficient (Wildman–Crippen LogP) is 3.44. The normalized spacial score (nSPS) is 11.0. The number of hydrogen-bond donors (Lipinski definition) is 0. The smallest absolute Gasteiger partial charge is 0.0669 e. The Morgan fingerprint density at radius 1 is 1.29 bits per heavy atom. The van der Waals surface area contributed by atoms with Gasteiger partial charge in [0.25, 0.3) is 0 Å². The summed E-state index contributed by atoms with van der Waals surface area (Å²) in [7, 11) is 0. The molecule has 0 atom stereocenters. The molecule has 1 aromatic rings. The molecule has 1 aromatic carbocycles. The van der Waals surface area contributed by atoms with Crippen molar-refractivity contribution in [2.24, 2.45) is 0 Å². The van der Waals surface area contributed by atoms with E-state index in [-0.39, 0.29) is 5.41 Å². The highest BCUT2D eigenvalue weighted by Crippen LogP contribution is 2.29. The van der Waals surface area contributed by atoms with E-state index in [1.165, 1.54) is 11.1 Å². The van der Waals surface area contributed by atoms with Gasteiger partial charge in [-0.25, -0.2) is 0 Å². The van der Waals surface area contributed by atoms with Crippen molar-refractivity contribution in [3.8, 4) is 6.07 Å². The largest absolute Gasteiger partial charge is 0.198 e. The fraction of sp³-hybridized carbons (Fsp3) is 0.462. The van der Waals surface area contributed by atoms with Gasteiger partial charge in [0, 0.05) is 0 Å². The second-order valence-corrected chi connectivity index (χ2v) is 4.23. The zero-order valence-electron chi connectivity index (χ0n) is 9.17. The van der Waals surface area contributed by atoms with Crippen molar-refractivity contribution >= 4 is 0 Å². The number of nitrogens with zero attached hydrogens (tertiary/aromatic N) is 1. The Balaban J connectivity index is 3.14. The van der Waals surface area contributed by atoms with Gasteiger partial charge < -0.3 is 0 Å². The molecule has 0 aromatic heterocycles. The average molecular weight is 187 g/mol. The Kier molecular flexibility index (Phi) is 3.30. The van der Waals surface area contributed by atoms with E-state index in [1.807, 2.05) is 12.1 Å². The van der Waals surface area contributed by atoms with Crippen LogP contribution < -0.4 is 0 Å². The van der Waals surface area contributed by atoms with Crippen molar-refractivity contribution in [2.45, 2.75) is 39.0 Å². The lowest BCUT2D eigenvalue weighted by molar-refractivity contribution is 0.502. The molecular weight excluding hydrogens is 170 g/mol. The Bertz CT molecular complexity index is 344. The van der Waals surface area contributed by atoms with Gasteiger partial charge in [-0.05, 0) is 23.0 Å². The lowest BCUT2D eigenvalue weighted by Crippen LogP contribution is -2.17. The van der Waals surface area contributed by atoms with E-state index < -0.39 is 0 Å². The third-order valence-electron chi connectivity index (χ3n) is 2.90. The van der Waals surface area contributed by atoms with E-state index in [0.29, 0.717) is 6.42 Å². The molecule has 0 aliphatic carbocycles. The van der Waals surface area contributed by atoms with E-state index in [9.17, 15) is 0 Å². The van der Waals surface area contributed by atoms with Crippen LogP contribution in [0, 0.1) is 11.3 Å². The molecule has 0 saturated heterocycles. The standard InChI is InChI=1S/C13H17N/c1-4-13(2,3)12-8-6-5-7-11(12)9-10-14/h5-8H,4,9H2,1-3H3. The highest BCUT2D eigenvalue weighted by atomic mass is 14.3. The molecule has 0 fully saturated rings. The van der Waals surface area contributed by atoms with Gasteiger partial charge in [0.2, 0.25) is 0 Å². The molecular formula is C13H17N. The van der Waals surface area contributed by atoms with Crippen LogP contribution in [0.25, 0.3) is 0 Å². The summed E-state index contributed by atoms with van der Waals surface area (Å²) < 4.78 is 0. The second kappa shape index (κ2) is 4.28. The van der Waals surface area contributed by atoms with Crippen LogP contribution in [0.1, 0.15) is 38.3 Å². The summed E-state index contributed by atoms with van der Waals surface area (Å²) in [6.45, 7) is 6.63. The Morgan fingerprint density at radius 2 is 1.93 bits per heavy atom. The van der Waals surface area contributed by atoms with Crippen molar-refractivity contribution in [1.29, 1.82) is 5.26 Å². The van der Waals surface area contributed by atoms with Crippen LogP contribution in [0.4, 0.5) is 0 Å². The fourth-order valence-corrected chi connectivity index (χ4v) is 1.61. The molecule has 74 valence electrons. The number of nitriles is 1. The minimum absolute atomic E-state index is 0.174. The summed E-state index contributed by atoms with van der Waals surface area (Å²) in [6.07, 6.45) is 1.61. The van der Waals surface area contributed by atoms with Crippen LogP contribution in [0.2, 0.25) is 0 Å². The molecule has 0 spiro atoms. The maximum absolute atomic E-state index is 8.73. The van der Waals surface area contributed by atoms with Crippen LogP contribution in [-0.4, -0.2) is 0 Å². The number of rotatable bonds is 3. The predicted molar refractivity (Wildman–Crippen MR) is 59.1 cm³/mol. The molecule has 0 radical (unpaired) electrons. The third-order valence-corrected chi connectivity index (χ3v) is 2.90. The van der Waals surface area contributed by atoms with Crippen LogP contribution in [0.15, 0.2) is 24.3 Å². The molecule has 0 aliphatic rings. The van der Waals surface area contributed by atoms with Crippen LogP contribution in [0.3, 0.4) is 0 Å². The minimum Gasteiger partial charge on any atom is -0.198 e. The van der Waals surface area contributed by atoms with Gasteiger partial charge in [-0.2, -0.15) is 5.26 Å². The van der Waals surface area contributed by atoms with Crippen molar-refractivity contribution in [1.82, 2.24) is 0 Å². The lowest BCUT2D eigenvalue weighted by Gasteiger charge is -2.25. The first-order valence-electron chi connectivity index (χ1n) is 5.07. The van der Waals surface area contributed by atoms with E-state index in [0.717, 1.165) is 6.42 Å². The first-order chi connectivity index (χ1) is 6.61. The fourth-order valence-electron chi connectivity index (χ4n) is 1.61. The molecule has 1 nitrogen and oxygen atoms in total.